The number of hydrogen-bond acceptors (Lipinski definition) is 6. The van der Waals surface area contributed by atoms with Gasteiger partial charge in [-0.2, -0.15) is 0 Å². The topological polar surface area (TPSA) is 110 Å². The van der Waals surface area contributed by atoms with E-state index in [0.29, 0.717) is 28.4 Å². The quantitative estimate of drug-likeness (QED) is 0.605. The first-order valence-corrected chi connectivity index (χ1v) is 11.7. The van der Waals surface area contributed by atoms with Crippen LogP contribution in [0.1, 0.15) is 47.1 Å². The number of hydrogen-bond donors (Lipinski definition) is 2. The van der Waals surface area contributed by atoms with Gasteiger partial charge in [0, 0.05) is 28.6 Å². The minimum atomic E-state index is -3.87. The number of aryl methyl sites for hydroxylation is 2. The Bertz CT molecular complexity index is 1270. The average molecular weight is 453 g/mol. The lowest BCUT2D eigenvalue weighted by Gasteiger charge is -2.11. The van der Waals surface area contributed by atoms with Gasteiger partial charge in [-0.25, -0.2) is 23.1 Å². The molecular formula is C23H24N4O4S. The van der Waals surface area contributed by atoms with Crippen LogP contribution in [0.25, 0.3) is 0 Å². The van der Waals surface area contributed by atoms with Crippen molar-refractivity contribution < 1.29 is 17.9 Å². The van der Waals surface area contributed by atoms with Gasteiger partial charge in [-0.15, -0.1) is 0 Å². The molecule has 0 radical (unpaired) electrons. The van der Waals surface area contributed by atoms with Gasteiger partial charge in [-0.3, -0.25) is 4.79 Å². The first-order chi connectivity index (χ1) is 15.1. The first-order valence-electron chi connectivity index (χ1n) is 10.2. The molecule has 0 bridgehead atoms. The highest BCUT2D eigenvalue weighted by Gasteiger charge is 2.31. The van der Waals surface area contributed by atoms with Crippen LogP contribution >= 0.6 is 0 Å². The molecule has 0 fully saturated rings. The number of nitrogens with zero attached hydrogens (tertiary/aromatic N) is 2. The largest absolute Gasteiger partial charge is 0.489 e. The van der Waals surface area contributed by atoms with Gasteiger partial charge in [0.2, 0.25) is 5.95 Å². The fraction of sp³-hybridized carbons (Fsp3) is 0.261. The molecule has 0 saturated carbocycles. The summed E-state index contributed by atoms with van der Waals surface area (Å²) in [5, 5.41) is 2.80. The number of amides is 1. The van der Waals surface area contributed by atoms with Crippen LogP contribution in [-0.4, -0.2) is 30.4 Å². The molecular weight excluding hydrogens is 428 g/mol. The van der Waals surface area contributed by atoms with E-state index >= 15 is 0 Å². The van der Waals surface area contributed by atoms with E-state index in [9.17, 15) is 13.2 Å². The second kappa shape index (κ2) is 8.23. The summed E-state index contributed by atoms with van der Waals surface area (Å²) in [6.07, 6.45) is -0.00268. The molecule has 1 aliphatic rings. The van der Waals surface area contributed by atoms with E-state index in [2.05, 4.69) is 26.9 Å². The zero-order valence-electron chi connectivity index (χ0n) is 18.2. The third-order valence-electron chi connectivity index (χ3n) is 5.42. The molecule has 0 aliphatic carbocycles. The molecule has 4 rings (SSSR count). The Morgan fingerprint density at radius 1 is 1.00 bits per heavy atom. The summed E-state index contributed by atoms with van der Waals surface area (Å²) in [6.45, 7) is 7.56. The molecule has 32 heavy (non-hydrogen) atoms. The molecule has 1 aromatic heterocycles. The number of carbonyl (C=O) groups is 1. The molecule has 0 saturated heterocycles. The van der Waals surface area contributed by atoms with E-state index in [1.54, 1.807) is 26.0 Å². The molecule has 166 valence electrons. The molecule has 1 aliphatic heterocycles. The van der Waals surface area contributed by atoms with Crippen molar-refractivity contribution in [2.45, 2.75) is 44.6 Å². The van der Waals surface area contributed by atoms with Crippen LogP contribution in [0.2, 0.25) is 0 Å². The van der Waals surface area contributed by atoms with Gasteiger partial charge in [0.05, 0.1) is 10.5 Å². The highest BCUT2D eigenvalue weighted by atomic mass is 32.2. The van der Waals surface area contributed by atoms with Crippen LogP contribution in [0.15, 0.2) is 53.4 Å². The maximum absolute atomic E-state index is 12.8. The zero-order chi connectivity index (χ0) is 23.0. The second-order valence-electron chi connectivity index (χ2n) is 7.89. The summed E-state index contributed by atoms with van der Waals surface area (Å²) in [5.41, 5.74) is 3.24. The zero-order valence-corrected chi connectivity index (χ0v) is 19.0. The normalized spacial score (nSPS) is 17.4. The minimum absolute atomic E-state index is 0.00268. The van der Waals surface area contributed by atoms with Crippen LogP contribution in [0.5, 0.6) is 5.75 Å². The van der Waals surface area contributed by atoms with Crippen LogP contribution in [-0.2, 0) is 10.0 Å². The van der Waals surface area contributed by atoms with Crippen molar-refractivity contribution in [2.75, 3.05) is 10.0 Å². The summed E-state index contributed by atoms with van der Waals surface area (Å²) in [6, 6.07) is 13.2. The number of benzene rings is 2. The van der Waals surface area contributed by atoms with Gasteiger partial charge in [0.15, 0.2) is 0 Å². The van der Waals surface area contributed by atoms with Crippen molar-refractivity contribution in [3.8, 4) is 5.75 Å². The van der Waals surface area contributed by atoms with Crippen molar-refractivity contribution in [3.05, 3.63) is 71.0 Å². The number of nitrogens with one attached hydrogen (secondary N) is 2. The third-order valence-corrected chi connectivity index (χ3v) is 6.76. The number of rotatable bonds is 5. The van der Waals surface area contributed by atoms with Crippen LogP contribution < -0.4 is 14.8 Å². The Kier molecular flexibility index (Phi) is 5.60. The Morgan fingerprint density at radius 2 is 1.66 bits per heavy atom. The number of fused-ring (bicyclic) bond motifs is 1. The third kappa shape index (κ3) is 4.29. The van der Waals surface area contributed by atoms with Gasteiger partial charge < -0.3 is 10.1 Å². The number of sulfonamides is 1. The van der Waals surface area contributed by atoms with E-state index in [4.69, 9.17) is 4.74 Å². The maximum Gasteiger partial charge on any atom is 0.264 e. The molecule has 3 aromatic rings. The molecule has 8 nitrogen and oxygen atoms in total. The Hall–Kier alpha value is -3.46. The average Bonchev–Trinajstić information content (AvgIpc) is 3.01. The van der Waals surface area contributed by atoms with Crippen LogP contribution in [0.4, 0.5) is 11.6 Å². The van der Waals surface area contributed by atoms with E-state index in [-0.39, 0.29) is 28.8 Å². The van der Waals surface area contributed by atoms with Gasteiger partial charge in [0.1, 0.15) is 11.9 Å². The smallest absolute Gasteiger partial charge is 0.264 e. The Balaban J connectivity index is 1.50. The van der Waals surface area contributed by atoms with E-state index in [1.807, 2.05) is 19.1 Å². The van der Waals surface area contributed by atoms with Gasteiger partial charge >= 0.3 is 0 Å². The number of ether oxygens (including phenoxy) is 1. The predicted octanol–water partition coefficient (Wildman–Crippen LogP) is 4.03. The lowest BCUT2D eigenvalue weighted by atomic mass is 9.97. The molecule has 2 heterocycles. The first kappa shape index (κ1) is 21.8. The number of para-hydroxylation sites is 1. The summed E-state index contributed by atoms with van der Waals surface area (Å²) < 4.78 is 33.6. The highest BCUT2D eigenvalue weighted by Crippen LogP contribution is 2.40. The fourth-order valence-electron chi connectivity index (χ4n) is 3.63. The fourth-order valence-corrected chi connectivity index (χ4v) is 4.58. The van der Waals surface area contributed by atoms with Crippen molar-refractivity contribution in [1.82, 2.24) is 9.97 Å². The van der Waals surface area contributed by atoms with Crippen LogP contribution in [0.3, 0.4) is 0 Å². The molecule has 2 N–H and O–H groups in total. The molecule has 9 heteroatoms. The molecule has 2 aromatic carbocycles. The summed E-state index contributed by atoms with van der Waals surface area (Å²) in [7, 11) is -3.87. The van der Waals surface area contributed by atoms with Gasteiger partial charge in [-0.1, -0.05) is 19.1 Å². The number of aromatic nitrogens is 2. The summed E-state index contributed by atoms with van der Waals surface area (Å²) >= 11 is 0. The second-order valence-corrected chi connectivity index (χ2v) is 9.58. The maximum atomic E-state index is 12.8. The van der Waals surface area contributed by atoms with Gasteiger partial charge in [-0.05, 0) is 57.2 Å². The van der Waals surface area contributed by atoms with Gasteiger partial charge in [0.25, 0.3) is 15.9 Å². The van der Waals surface area contributed by atoms with Crippen molar-refractivity contribution in [3.63, 3.8) is 0 Å². The molecule has 1 amide bonds. The molecule has 0 unspecified atom stereocenters. The lowest BCUT2D eigenvalue weighted by Crippen LogP contribution is -2.16. The number of carbonyl (C=O) groups excluding carboxylic acids is 1. The summed E-state index contributed by atoms with van der Waals surface area (Å²) in [5.74, 6) is 0.500. The van der Waals surface area contributed by atoms with Crippen LogP contribution in [0, 0.1) is 13.8 Å². The predicted molar refractivity (Wildman–Crippen MR) is 122 cm³/mol. The monoisotopic (exact) mass is 452 g/mol. The van der Waals surface area contributed by atoms with Crippen molar-refractivity contribution >= 4 is 27.6 Å². The Morgan fingerprint density at radius 3 is 2.31 bits per heavy atom. The lowest BCUT2D eigenvalue weighted by molar-refractivity contribution is 0.102. The minimum Gasteiger partial charge on any atom is -0.489 e. The standard InChI is InChI=1S/C23H24N4O4S/c1-13-12-14(2)25-23(24-13)27-32(29,30)18-10-8-17(9-11-18)26-22(28)20-7-5-6-19-15(3)16(4)31-21(19)20/h5-12,15-16H,1-4H3,(H,26,28)(H,24,25,27)/t15-,16+/m1/s1. The molecule has 2 atom stereocenters. The molecule has 0 spiro atoms. The van der Waals surface area contributed by atoms with E-state index in [1.165, 1.54) is 24.3 Å². The number of anilines is 2. The summed E-state index contributed by atoms with van der Waals surface area (Å²) in [4.78, 5) is 21.1. The van der Waals surface area contributed by atoms with Crippen molar-refractivity contribution in [2.24, 2.45) is 0 Å². The SMILES string of the molecule is Cc1cc(C)nc(NS(=O)(=O)c2ccc(NC(=O)c3cccc4c3O[C@@H](C)[C@H]4C)cc2)n1. The van der Waals surface area contributed by atoms with E-state index in [0.717, 1.165) is 5.56 Å². The Labute approximate surface area is 187 Å². The highest BCUT2D eigenvalue weighted by molar-refractivity contribution is 7.92. The van der Waals surface area contributed by atoms with Crippen molar-refractivity contribution in [1.29, 1.82) is 0 Å². The van der Waals surface area contributed by atoms with E-state index < -0.39 is 10.0 Å².